The number of anilines is 1. The molecule has 0 bridgehead atoms. The van der Waals surface area contributed by atoms with Crippen LogP contribution in [0.3, 0.4) is 0 Å². The summed E-state index contributed by atoms with van der Waals surface area (Å²) in [6, 6.07) is 0. The van der Waals surface area contributed by atoms with Crippen molar-refractivity contribution in [3.05, 3.63) is 11.6 Å². The fourth-order valence-electron chi connectivity index (χ4n) is 1.80. The monoisotopic (exact) mass is 291 g/mol. The number of thiocarbonyl (C=S) groups is 1. The van der Waals surface area contributed by atoms with Gasteiger partial charge in [-0.2, -0.15) is 0 Å². The molecule has 2 rings (SSSR count). The Morgan fingerprint density at radius 2 is 2.41 bits per heavy atom. The van der Waals surface area contributed by atoms with E-state index >= 15 is 0 Å². The van der Waals surface area contributed by atoms with Crippen LogP contribution in [0.4, 0.5) is 5.13 Å². The Morgan fingerprint density at radius 3 is 2.94 bits per heavy atom. The van der Waals surface area contributed by atoms with Crippen molar-refractivity contribution in [1.82, 2.24) is 10.3 Å². The molecule has 8 heteroatoms. The Kier molecular flexibility index (Phi) is 3.37. The molecule has 0 amide bonds. The number of aromatic nitrogens is 1. The van der Waals surface area contributed by atoms with Crippen LogP contribution in [0.1, 0.15) is 13.3 Å². The summed E-state index contributed by atoms with van der Waals surface area (Å²) in [5, 5.41) is 8.95. The first-order valence-corrected chi connectivity index (χ1v) is 8.19. The van der Waals surface area contributed by atoms with Crippen LogP contribution < -0.4 is 10.6 Å². The van der Waals surface area contributed by atoms with Crippen molar-refractivity contribution in [1.29, 1.82) is 0 Å². The number of sulfone groups is 1. The zero-order valence-electron chi connectivity index (χ0n) is 9.26. The van der Waals surface area contributed by atoms with E-state index in [4.69, 9.17) is 12.2 Å². The molecule has 1 unspecified atom stereocenters. The number of hydrogen-bond acceptors (Lipinski definition) is 5. The maximum Gasteiger partial charge on any atom is 0.188 e. The van der Waals surface area contributed by atoms with Crippen LogP contribution in [-0.4, -0.2) is 35.6 Å². The van der Waals surface area contributed by atoms with Crippen LogP contribution in [0.2, 0.25) is 0 Å². The Labute approximate surface area is 110 Å². The van der Waals surface area contributed by atoms with Crippen LogP contribution in [0, 0.1) is 0 Å². The van der Waals surface area contributed by atoms with Gasteiger partial charge in [-0.15, -0.1) is 11.3 Å². The summed E-state index contributed by atoms with van der Waals surface area (Å²) >= 11 is 6.57. The smallest absolute Gasteiger partial charge is 0.188 e. The molecule has 1 atom stereocenters. The second-order valence-electron chi connectivity index (χ2n) is 4.32. The average Bonchev–Trinajstić information content (AvgIpc) is 2.74. The summed E-state index contributed by atoms with van der Waals surface area (Å²) in [6.45, 7) is 1.87. The Bertz CT molecular complexity index is 512. The molecule has 0 spiro atoms. The summed E-state index contributed by atoms with van der Waals surface area (Å²) in [7, 11) is -2.92. The topological polar surface area (TPSA) is 71.1 Å². The third-order valence-corrected chi connectivity index (χ3v) is 5.37. The number of thiazole rings is 1. The summed E-state index contributed by atoms with van der Waals surface area (Å²) < 4.78 is 22.9. The van der Waals surface area contributed by atoms with Crippen LogP contribution in [-0.2, 0) is 9.84 Å². The highest BCUT2D eigenvalue weighted by Crippen LogP contribution is 2.23. The van der Waals surface area contributed by atoms with E-state index in [2.05, 4.69) is 15.6 Å². The van der Waals surface area contributed by atoms with Gasteiger partial charge in [-0.25, -0.2) is 13.4 Å². The number of nitrogens with zero attached hydrogens (tertiary/aromatic N) is 1. The third-order valence-electron chi connectivity index (χ3n) is 2.57. The largest absolute Gasteiger partial charge is 0.356 e. The van der Waals surface area contributed by atoms with Gasteiger partial charge in [-0.05, 0) is 25.6 Å². The first-order chi connectivity index (χ1) is 7.89. The lowest BCUT2D eigenvalue weighted by atomic mass is 10.0. The minimum absolute atomic E-state index is 0.125. The molecule has 1 aromatic heterocycles. The number of hydrogen-bond donors (Lipinski definition) is 2. The van der Waals surface area contributed by atoms with Gasteiger partial charge in [0, 0.05) is 11.6 Å². The normalized spacial score (nSPS) is 26.6. The zero-order valence-corrected chi connectivity index (χ0v) is 11.7. The summed E-state index contributed by atoms with van der Waals surface area (Å²) in [5.74, 6) is 0.343. The van der Waals surface area contributed by atoms with Gasteiger partial charge in [0.15, 0.2) is 20.1 Å². The van der Waals surface area contributed by atoms with Gasteiger partial charge in [-0.3, -0.25) is 0 Å². The van der Waals surface area contributed by atoms with Crippen LogP contribution in [0.5, 0.6) is 0 Å². The standard InChI is InChI=1S/C9H13N3O2S3/c1-9(2-5-17(13,14)6-9)12-7(15)11-8-10-3-4-16-8/h3-4H,2,5-6H2,1H3,(H2,10,11,12,15). The van der Waals surface area contributed by atoms with Crippen molar-refractivity contribution in [2.24, 2.45) is 0 Å². The lowest BCUT2D eigenvalue weighted by Gasteiger charge is -2.25. The fourth-order valence-corrected chi connectivity index (χ4v) is 4.83. The lowest BCUT2D eigenvalue weighted by molar-refractivity contribution is 0.474. The first-order valence-electron chi connectivity index (χ1n) is 5.08. The molecule has 0 saturated carbocycles. The summed E-state index contributed by atoms with van der Waals surface area (Å²) in [6.07, 6.45) is 2.26. The van der Waals surface area contributed by atoms with E-state index in [-0.39, 0.29) is 11.5 Å². The maximum atomic E-state index is 11.4. The summed E-state index contributed by atoms with van der Waals surface area (Å²) in [4.78, 5) is 4.04. The molecule has 17 heavy (non-hydrogen) atoms. The molecule has 0 radical (unpaired) electrons. The molecule has 5 nitrogen and oxygen atoms in total. The van der Waals surface area contributed by atoms with Gasteiger partial charge < -0.3 is 10.6 Å². The zero-order chi connectivity index (χ0) is 12.5. The van der Waals surface area contributed by atoms with Crippen molar-refractivity contribution in [2.45, 2.75) is 18.9 Å². The fraction of sp³-hybridized carbons (Fsp3) is 0.556. The minimum Gasteiger partial charge on any atom is -0.356 e. The SMILES string of the molecule is CC1(NC(=S)Nc2nccs2)CCS(=O)(=O)C1. The van der Waals surface area contributed by atoms with Gasteiger partial charge in [0.25, 0.3) is 0 Å². The molecule has 1 aliphatic heterocycles. The molecular formula is C9H13N3O2S3. The van der Waals surface area contributed by atoms with Gasteiger partial charge in [0.2, 0.25) is 0 Å². The van der Waals surface area contributed by atoms with Crippen LogP contribution in [0.15, 0.2) is 11.6 Å². The second kappa shape index (κ2) is 4.51. The van der Waals surface area contributed by atoms with E-state index in [9.17, 15) is 8.42 Å². The molecule has 0 aromatic carbocycles. The molecule has 94 valence electrons. The molecule has 1 saturated heterocycles. The van der Waals surface area contributed by atoms with E-state index in [1.54, 1.807) is 6.20 Å². The van der Waals surface area contributed by atoms with Gasteiger partial charge in [0.05, 0.1) is 17.0 Å². The van der Waals surface area contributed by atoms with Crippen LogP contribution >= 0.6 is 23.6 Å². The van der Waals surface area contributed by atoms with E-state index < -0.39 is 15.4 Å². The van der Waals surface area contributed by atoms with Crippen molar-refractivity contribution in [3.63, 3.8) is 0 Å². The van der Waals surface area contributed by atoms with Gasteiger partial charge in [0.1, 0.15) is 0 Å². The number of nitrogens with one attached hydrogen (secondary N) is 2. The van der Waals surface area contributed by atoms with E-state index in [1.165, 1.54) is 11.3 Å². The molecule has 2 heterocycles. The van der Waals surface area contributed by atoms with Crippen molar-refractivity contribution >= 4 is 43.6 Å². The maximum absolute atomic E-state index is 11.4. The van der Waals surface area contributed by atoms with Crippen molar-refractivity contribution in [2.75, 3.05) is 16.8 Å². The molecule has 1 aromatic rings. The highest BCUT2D eigenvalue weighted by Gasteiger charge is 2.38. The Balaban J connectivity index is 1.95. The Morgan fingerprint density at radius 1 is 1.65 bits per heavy atom. The highest BCUT2D eigenvalue weighted by atomic mass is 32.2. The first kappa shape index (κ1) is 12.7. The number of rotatable bonds is 2. The van der Waals surface area contributed by atoms with Gasteiger partial charge >= 0.3 is 0 Å². The summed E-state index contributed by atoms with van der Waals surface area (Å²) in [5.41, 5.74) is -0.472. The van der Waals surface area contributed by atoms with Crippen molar-refractivity contribution < 1.29 is 8.42 Å². The van der Waals surface area contributed by atoms with Crippen molar-refractivity contribution in [3.8, 4) is 0 Å². The molecular weight excluding hydrogens is 278 g/mol. The second-order valence-corrected chi connectivity index (χ2v) is 7.81. The Hall–Kier alpha value is -0.730. The lowest BCUT2D eigenvalue weighted by Crippen LogP contribution is -2.48. The van der Waals surface area contributed by atoms with E-state index in [1.807, 2.05) is 12.3 Å². The van der Waals surface area contributed by atoms with E-state index in [0.29, 0.717) is 16.7 Å². The predicted octanol–water partition coefficient (Wildman–Crippen LogP) is 1.01. The average molecular weight is 291 g/mol. The molecule has 1 aliphatic rings. The van der Waals surface area contributed by atoms with E-state index in [0.717, 1.165) is 0 Å². The highest BCUT2D eigenvalue weighted by molar-refractivity contribution is 7.91. The predicted molar refractivity (Wildman–Crippen MR) is 73.1 cm³/mol. The molecule has 2 N–H and O–H groups in total. The minimum atomic E-state index is -2.92. The molecule has 0 aliphatic carbocycles. The quantitative estimate of drug-likeness (QED) is 0.792. The van der Waals surface area contributed by atoms with Crippen LogP contribution in [0.25, 0.3) is 0 Å². The molecule has 1 fully saturated rings. The van der Waals surface area contributed by atoms with Gasteiger partial charge in [-0.1, -0.05) is 0 Å². The third kappa shape index (κ3) is 3.36.